The Morgan fingerprint density at radius 1 is 1.10 bits per heavy atom. The van der Waals surface area contributed by atoms with Crippen LogP contribution in [0.1, 0.15) is 97.1 Å². The third-order valence-corrected chi connectivity index (χ3v) is 15.5. The van der Waals surface area contributed by atoms with E-state index in [1.54, 1.807) is 30.2 Å². The number of pyridine rings is 1. The molecule has 0 saturated carbocycles. The van der Waals surface area contributed by atoms with Crippen molar-refractivity contribution in [2.45, 2.75) is 117 Å². The molecule has 17 heteroatoms. The fraction of sp³-hybridized carbons (Fsp3) is 0.593. The van der Waals surface area contributed by atoms with E-state index in [4.69, 9.17) is 19.2 Å². The average molecular weight is 978 g/mol. The Bertz CT molecular complexity index is 2560. The number of hydrazine groups is 1. The molecule has 0 radical (unpaired) electrons. The maximum Gasteiger partial charge on any atom is 0.324 e. The minimum absolute atomic E-state index is 0.0793. The number of methoxy groups -OCH3 is 1. The van der Waals surface area contributed by atoms with Crippen molar-refractivity contribution in [1.29, 1.82) is 0 Å². The van der Waals surface area contributed by atoms with E-state index in [1.807, 2.05) is 33.8 Å². The first kappa shape index (κ1) is 51.7. The van der Waals surface area contributed by atoms with E-state index < -0.39 is 41.0 Å². The number of carbonyl (C=O) groups is 5. The molecule has 7 atom stereocenters. The number of piperidine rings is 1. The van der Waals surface area contributed by atoms with Crippen LogP contribution in [0.4, 0.5) is 4.79 Å². The van der Waals surface area contributed by atoms with E-state index in [2.05, 4.69) is 77.9 Å². The first-order valence-corrected chi connectivity index (χ1v) is 25.6. The molecule has 17 nitrogen and oxygen atoms in total. The van der Waals surface area contributed by atoms with E-state index >= 15 is 0 Å². The van der Waals surface area contributed by atoms with Gasteiger partial charge in [-0.2, -0.15) is 0 Å². The molecule has 384 valence electrons. The summed E-state index contributed by atoms with van der Waals surface area (Å²) >= 11 is 0. The van der Waals surface area contributed by atoms with Gasteiger partial charge in [-0.25, -0.2) is 10.2 Å². The fourth-order valence-corrected chi connectivity index (χ4v) is 11.5. The van der Waals surface area contributed by atoms with Gasteiger partial charge in [-0.3, -0.25) is 34.1 Å². The molecule has 2 N–H and O–H groups in total. The van der Waals surface area contributed by atoms with Gasteiger partial charge in [-0.05, 0) is 98.9 Å². The molecule has 1 spiro atoms. The van der Waals surface area contributed by atoms with Gasteiger partial charge in [-0.1, -0.05) is 53.3 Å². The molecule has 5 amide bonds. The summed E-state index contributed by atoms with van der Waals surface area (Å²) in [6.07, 6.45) is 8.04. The molecule has 1 aromatic carbocycles. The number of ether oxygens (including phenoxy) is 3. The van der Waals surface area contributed by atoms with Crippen molar-refractivity contribution in [3.05, 3.63) is 72.1 Å². The maximum atomic E-state index is 14.9. The smallest absolute Gasteiger partial charge is 0.324 e. The Kier molecular flexibility index (Phi) is 15.5. The molecule has 1 unspecified atom stereocenters. The standard InChI is InChI=1S/C54H75N9O8/c1-11-45(64)61-31-54(71-33-61)21-25-60(28-35(54)5)52(68)58(9)47(34(3)4)49(65)56-43-30-59-23-14-16-38(29-59)37-19-20-44-40(26-37)41(48(62(44)12-2)39-17-13-22-55-46(39)36(6)69-10)27-53(7,8)32-70-51(67)42-18-15-24-63(57-42)50(43)66/h11,13,16-17,19-20,22,26,34-36,42-43,47,57H,1,12,14-15,18,21,23-25,27-33H2,2-10H3,(H,56,65)/t35-,36+,42+,43+,47+,54+/m1/s1. The molecule has 5 aliphatic heterocycles. The highest BCUT2D eigenvalue weighted by molar-refractivity contribution is 5.95. The SMILES string of the molecule is C=CC(=O)N1CO[C@@]2(CCN(C(=O)N(C)[C@H](C(=O)N[C@H]3CN4CCC=C(C4)c4ccc5c(c4)c(c(-c4cccnc4[C@H](C)OC)n5CC)CC(C)(C)COC(=O)[C@@H]4CCCN(N4)C3=O)C(C)C)C[C@H]2C)C1. The van der Waals surface area contributed by atoms with E-state index in [1.165, 1.54) is 16.0 Å². The number of benzene rings is 1. The van der Waals surface area contributed by atoms with E-state index in [9.17, 15) is 24.0 Å². The van der Waals surface area contributed by atoms with Crippen LogP contribution in [0.2, 0.25) is 0 Å². The van der Waals surface area contributed by atoms with Crippen LogP contribution in [0.25, 0.3) is 27.7 Å². The molecule has 8 rings (SSSR count). The van der Waals surface area contributed by atoms with Crippen LogP contribution in [-0.2, 0) is 46.4 Å². The summed E-state index contributed by atoms with van der Waals surface area (Å²) in [6.45, 7) is 21.8. The molecule has 71 heavy (non-hydrogen) atoms. The van der Waals surface area contributed by atoms with Crippen LogP contribution in [0.3, 0.4) is 0 Å². The van der Waals surface area contributed by atoms with Crippen molar-refractivity contribution in [2.75, 3.05) is 73.3 Å². The molecule has 5 aliphatic rings. The van der Waals surface area contributed by atoms with Gasteiger partial charge >= 0.3 is 12.0 Å². The predicted octanol–water partition coefficient (Wildman–Crippen LogP) is 5.78. The van der Waals surface area contributed by atoms with Crippen molar-refractivity contribution >= 4 is 46.2 Å². The zero-order chi connectivity index (χ0) is 50.9. The normalized spacial score (nSPS) is 25.9. The summed E-state index contributed by atoms with van der Waals surface area (Å²) < 4.78 is 20.6. The number of likely N-dealkylation sites (N-methyl/N-ethyl adjacent to an activating group) is 1. The summed E-state index contributed by atoms with van der Waals surface area (Å²) in [5.74, 6) is -1.82. The fourth-order valence-electron chi connectivity index (χ4n) is 11.5. The Balaban J connectivity index is 1.09. The lowest BCUT2D eigenvalue weighted by Crippen LogP contribution is -2.64. The highest BCUT2D eigenvalue weighted by Gasteiger charge is 2.49. The van der Waals surface area contributed by atoms with Crippen molar-refractivity contribution in [3.8, 4) is 11.3 Å². The Morgan fingerprint density at radius 3 is 2.61 bits per heavy atom. The number of fused-ring (bicyclic) bond motifs is 6. The zero-order valence-corrected chi connectivity index (χ0v) is 43.3. The molecular weight excluding hydrogens is 903 g/mol. The summed E-state index contributed by atoms with van der Waals surface area (Å²) in [6, 6.07) is 7.75. The third-order valence-electron chi connectivity index (χ3n) is 15.5. The average Bonchev–Trinajstić information content (AvgIpc) is 3.94. The van der Waals surface area contributed by atoms with Gasteiger partial charge in [-0.15, -0.1) is 0 Å². The Labute approximate surface area is 418 Å². The Hall–Kier alpha value is -5.62. The first-order chi connectivity index (χ1) is 33.9. The largest absolute Gasteiger partial charge is 0.464 e. The predicted molar refractivity (Wildman–Crippen MR) is 271 cm³/mol. The van der Waals surface area contributed by atoms with Gasteiger partial charge < -0.3 is 38.8 Å². The lowest BCUT2D eigenvalue weighted by molar-refractivity contribution is -0.155. The molecule has 3 saturated heterocycles. The molecule has 2 aromatic heterocycles. The number of carbonyl (C=O) groups excluding carboxylic acids is 5. The van der Waals surface area contributed by atoms with Crippen LogP contribution in [0.15, 0.2) is 55.3 Å². The van der Waals surface area contributed by atoms with Crippen LogP contribution < -0.4 is 10.7 Å². The molecule has 7 heterocycles. The summed E-state index contributed by atoms with van der Waals surface area (Å²) in [7, 11) is 3.34. The highest BCUT2D eigenvalue weighted by atomic mass is 16.5. The quantitative estimate of drug-likeness (QED) is 0.197. The minimum atomic E-state index is -1.01. The van der Waals surface area contributed by atoms with Crippen LogP contribution in [-0.4, -0.2) is 161 Å². The Morgan fingerprint density at radius 2 is 1.89 bits per heavy atom. The second-order valence-corrected chi connectivity index (χ2v) is 21.5. The summed E-state index contributed by atoms with van der Waals surface area (Å²) in [5, 5.41) is 5.71. The lowest BCUT2D eigenvalue weighted by Gasteiger charge is -2.45. The molecule has 0 aliphatic carbocycles. The van der Waals surface area contributed by atoms with Gasteiger partial charge in [0.15, 0.2) is 0 Å². The first-order valence-electron chi connectivity index (χ1n) is 25.6. The number of nitrogens with one attached hydrogen (secondary N) is 2. The number of aromatic nitrogens is 2. The number of esters is 1. The second-order valence-electron chi connectivity index (χ2n) is 21.5. The van der Waals surface area contributed by atoms with Crippen LogP contribution in [0.5, 0.6) is 0 Å². The summed E-state index contributed by atoms with van der Waals surface area (Å²) in [5.41, 5.74) is 9.48. The van der Waals surface area contributed by atoms with Gasteiger partial charge in [0.1, 0.15) is 24.9 Å². The van der Waals surface area contributed by atoms with Crippen molar-refractivity contribution in [3.63, 3.8) is 0 Å². The number of hydrogen-bond acceptors (Lipinski definition) is 11. The van der Waals surface area contributed by atoms with Crippen molar-refractivity contribution < 1.29 is 38.2 Å². The van der Waals surface area contributed by atoms with Crippen molar-refractivity contribution in [1.82, 2.24) is 44.9 Å². The van der Waals surface area contributed by atoms with E-state index in [-0.39, 0.29) is 55.7 Å². The number of rotatable bonds is 9. The van der Waals surface area contributed by atoms with E-state index in [0.717, 1.165) is 51.0 Å². The van der Waals surface area contributed by atoms with Crippen LogP contribution >= 0.6 is 0 Å². The third kappa shape index (κ3) is 10.5. The van der Waals surface area contributed by atoms with E-state index in [0.29, 0.717) is 71.5 Å². The van der Waals surface area contributed by atoms with Crippen LogP contribution in [0, 0.1) is 17.3 Å². The number of nitrogens with zero attached hydrogens (tertiary/aromatic N) is 7. The maximum absolute atomic E-state index is 14.9. The number of amides is 5. The molecule has 3 aromatic rings. The van der Waals surface area contributed by atoms with Crippen molar-refractivity contribution in [2.24, 2.45) is 17.3 Å². The molecule has 6 bridgehead atoms. The number of likely N-dealkylation sites (tertiary alicyclic amines) is 1. The lowest BCUT2D eigenvalue weighted by atomic mass is 9.82. The van der Waals surface area contributed by atoms with Gasteiger partial charge in [0.05, 0.1) is 36.2 Å². The minimum Gasteiger partial charge on any atom is -0.464 e. The monoisotopic (exact) mass is 978 g/mol. The van der Waals surface area contributed by atoms with Gasteiger partial charge in [0, 0.05) is 94.0 Å². The number of urea groups is 1. The number of hydrogen-bond donors (Lipinski definition) is 2. The second kappa shape index (κ2) is 21.2. The zero-order valence-electron chi connectivity index (χ0n) is 43.3. The molecular formula is C54H75N9O8. The van der Waals surface area contributed by atoms with Gasteiger partial charge in [0.2, 0.25) is 11.8 Å². The topological polar surface area (TPSA) is 171 Å². The van der Waals surface area contributed by atoms with Gasteiger partial charge in [0.25, 0.3) is 5.91 Å². The number of cyclic esters (lactones) is 1. The summed E-state index contributed by atoms with van der Waals surface area (Å²) in [4.78, 5) is 82.3. The molecule has 3 fully saturated rings. The highest BCUT2D eigenvalue weighted by Crippen LogP contribution is 2.42. The number of aryl methyl sites for hydroxylation is 1.